The maximum atomic E-state index is 11.7. The van der Waals surface area contributed by atoms with Crippen LogP contribution in [0.3, 0.4) is 0 Å². The molecule has 1 aromatic heterocycles. The zero-order chi connectivity index (χ0) is 15.2. The van der Waals surface area contributed by atoms with E-state index in [4.69, 9.17) is 16.0 Å². The predicted molar refractivity (Wildman–Crippen MR) is 76.8 cm³/mol. The highest BCUT2D eigenvalue weighted by molar-refractivity contribution is 6.33. The van der Waals surface area contributed by atoms with Crippen molar-refractivity contribution in [3.63, 3.8) is 0 Å². The molecule has 0 saturated heterocycles. The Labute approximate surface area is 121 Å². The van der Waals surface area contributed by atoms with E-state index in [1.54, 1.807) is 26.8 Å². The molecule has 0 radical (unpaired) electrons. The SMILES string of the molecule is CC(=O)C(C)c1c(Cl)cc2oc(C)c(C)c2c1C(=O)O. The second-order valence-corrected chi connectivity index (χ2v) is 5.35. The number of fused-ring (bicyclic) bond motifs is 1. The average molecular weight is 295 g/mol. The van der Waals surface area contributed by atoms with Gasteiger partial charge in [0.25, 0.3) is 0 Å². The fraction of sp³-hybridized carbons (Fsp3) is 0.333. The van der Waals surface area contributed by atoms with Gasteiger partial charge in [0.1, 0.15) is 17.1 Å². The number of halogens is 1. The standard InChI is InChI=1S/C15H15ClO4/c1-6(8(3)17)12-10(16)5-11-13(14(12)15(18)19)7(2)9(4)20-11/h5-6H,1-4H3,(H,18,19). The Morgan fingerprint density at radius 2 is 1.95 bits per heavy atom. The summed E-state index contributed by atoms with van der Waals surface area (Å²) in [7, 11) is 0. The van der Waals surface area contributed by atoms with Crippen molar-refractivity contribution in [3.05, 3.63) is 33.5 Å². The number of furan rings is 1. The van der Waals surface area contributed by atoms with Crippen molar-refractivity contribution in [2.45, 2.75) is 33.6 Å². The monoisotopic (exact) mass is 294 g/mol. The summed E-state index contributed by atoms with van der Waals surface area (Å²) >= 11 is 6.18. The Kier molecular flexibility index (Phi) is 3.61. The molecule has 2 rings (SSSR count). The molecule has 1 aromatic carbocycles. The Morgan fingerprint density at radius 1 is 1.35 bits per heavy atom. The Hall–Kier alpha value is -1.81. The van der Waals surface area contributed by atoms with Gasteiger partial charge in [-0.25, -0.2) is 4.79 Å². The van der Waals surface area contributed by atoms with Crippen LogP contribution < -0.4 is 0 Å². The average Bonchev–Trinajstić information content (AvgIpc) is 2.62. The Morgan fingerprint density at radius 3 is 2.45 bits per heavy atom. The van der Waals surface area contributed by atoms with Crippen molar-refractivity contribution in [2.24, 2.45) is 0 Å². The number of ketones is 1. The molecule has 0 aliphatic rings. The molecule has 20 heavy (non-hydrogen) atoms. The topological polar surface area (TPSA) is 67.5 Å². The molecular weight excluding hydrogens is 280 g/mol. The van der Waals surface area contributed by atoms with E-state index >= 15 is 0 Å². The van der Waals surface area contributed by atoms with Gasteiger partial charge in [0.15, 0.2) is 0 Å². The van der Waals surface area contributed by atoms with E-state index in [1.165, 1.54) is 6.92 Å². The third-order valence-electron chi connectivity index (χ3n) is 3.70. The third-order valence-corrected chi connectivity index (χ3v) is 4.02. The van der Waals surface area contributed by atoms with E-state index in [0.29, 0.717) is 22.3 Å². The van der Waals surface area contributed by atoms with Crippen LogP contribution in [0.4, 0.5) is 0 Å². The summed E-state index contributed by atoms with van der Waals surface area (Å²) < 4.78 is 5.53. The molecule has 5 heteroatoms. The van der Waals surface area contributed by atoms with Gasteiger partial charge in [-0.15, -0.1) is 0 Å². The smallest absolute Gasteiger partial charge is 0.336 e. The van der Waals surface area contributed by atoms with Gasteiger partial charge in [-0.3, -0.25) is 4.79 Å². The lowest BCUT2D eigenvalue weighted by Crippen LogP contribution is -2.12. The zero-order valence-corrected chi connectivity index (χ0v) is 12.5. The summed E-state index contributed by atoms with van der Waals surface area (Å²) in [5.41, 5.74) is 1.60. The molecule has 1 atom stereocenters. The van der Waals surface area contributed by atoms with Crippen molar-refractivity contribution in [1.29, 1.82) is 0 Å². The van der Waals surface area contributed by atoms with E-state index in [1.807, 2.05) is 0 Å². The molecule has 0 spiro atoms. The second kappa shape index (κ2) is 4.94. The first-order chi connectivity index (χ1) is 9.25. The Balaban J connectivity index is 2.97. The van der Waals surface area contributed by atoms with Crippen LogP contribution in [0.1, 0.15) is 47.0 Å². The molecule has 1 unspecified atom stereocenters. The van der Waals surface area contributed by atoms with E-state index in [9.17, 15) is 14.7 Å². The minimum Gasteiger partial charge on any atom is -0.478 e. The normalized spacial score (nSPS) is 12.7. The highest BCUT2D eigenvalue weighted by Gasteiger charge is 2.27. The van der Waals surface area contributed by atoms with Gasteiger partial charge in [-0.05, 0) is 31.9 Å². The predicted octanol–water partition coefficient (Wildman–Crippen LogP) is 4.09. The van der Waals surface area contributed by atoms with Crippen molar-refractivity contribution >= 4 is 34.3 Å². The van der Waals surface area contributed by atoms with Gasteiger partial charge < -0.3 is 9.52 Å². The highest BCUT2D eigenvalue weighted by atomic mass is 35.5. The van der Waals surface area contributed by atoms with Crippen molar-refractivity contribution in [2.75, 3.05) is 0 Å². The van der Waals surface area contributed by atoms with Gasteiger partial charge in [0, 0.05) is 22.4 Å². The minimum atomic E-state index is -1.11. The lowest BCUT2D eigenvalue weighted by molar-refractivity contribution is -0.118. The summed E-state index contributed by atoms with van der Waals surface area (Å²) in [6.07, 6.45) is 0. The van der Waals surface area contributed by atoms with E-state index < -0.39 is 11.9 Å². The zero-order valence-electron chi connectivity index (χ0n) is 11.7. The summed E-state index contributed by atoms with van der Waals surface area (Å²) in [4.78, 5) is 23.3. The van der Waals surface area contributed by atoms with E-state index in [0.717, 1.165) is 5.56 Å². The first kappa shape index (κ1) is 14.6. The van der Waals surface area contributed by atoms with Crippen molar-refractivity contribution < 1.29 is 19.1 Å². The number of carbonyl (C=O) groups is 2. The van der Waals surface area contributed by atoms with Crippen LogP contribution in [-0.4, -0.2) is 16.9 Å². The van der Waals surface area contributed by atoms with Crippen LogP contribution in [0.2, 0.25) is 5.02 Å². The second-order valence-electron chi connectivity index (χ2n) is 4.94. The molecule has 106 valence electrons. The van der Waals surface area contributed by atoms with Crippen LogP contribution >= 0.6 is 11.6 Å². The number of rotatable bonds is 3. The number of aryl methyl sites for hydroxylation is 2. The maximum absolute atomic E-state index is 11.7. The van der Waals surface area contributed by atoms with Crippen LogP contribution in [-0.2, 0) is 4.79 Å². The van der Waals surface area contributed by atoms with Crippen LogP contribution in [0.15, 0.2) is 10.5 Å². The molecule has 4 nitrogen and oxygen atoms in total. The molecule has 0 fully saturated rings. The van der Waals surface area contributed by atoms with Crippen LogP contribution in [0, 0.1) is 13.8 Å². The lowest BCUT2D eigenvalue weighted by Gasteiger charge is -2.14. The molecule has 1 N–H and O–H groups in total. The van der Waals surface area contributed by atoms with Crippen molar-refractivity contribution in [3.8, 4) is 0 Å². The number of benzene rings is 1. The fourth-order valence-electron chi connectivity index (χ4n) is 2.36. The summed E-state index contributed by atoms with van der Waals surface area (Å²) in [5.74, 6) is -1.17. The van der Waals surface area contributed by atoms with Crippen LogP contribution in [0.5, 0.6) is 0 Å². The number of carboxylic acids is 1. The highest BCUT2D eigenvalue weighted by Crippen LogP contribution is 2.38. The van der Waals surface area contributed by atoms with Gasteiger partial charge in [-0.1, -0.05) is 18.5 Å². The maximum Gasteiger partial charge on any atom is 0.336 e. The molecule has 0 bridgehead atoms. The molecule has 1 heterocycles. The van der Waals surface area contributed by atoms with Crippen LogP contribution in [0.25, 0.3) is 11.0 Å². The van der Waals surface area contributed by atoms with Gasteiger partial charge in [0.2, 0.25) is 0 Å². The number of Topliss-reactive ketones (excluding diaryl/α,β-unsaturated/α-hetero) is 1. The van der Waals surface area contributed by atoms with E-state index in [-0.39, 0.29) is 16.4 Å². The lowest BCUT2D eigenvalue weighted by atomic mass is 9.89. The first-order valence-corrected chi connectivity index (χ1v) is 6.59. The molecular formula is C15H15ClO4. The van der Waals surface area contributed by atoms with Gasteiger partial charge in [-0.2, -0.15) is 0 Å². The quantitative estimate of drug-likeness (QED) is 0.925. The number of carboxylic acid groups (broad SMARTS) is 1. The summed E-state index contributed by atoms with van der Waals surface area (Å²) in [5, 5.41) is 10.3. The van der Waals surface area contributed by atoms with E-state index in [2.05, 4.69) is 0 Å². The number of hydrogen-bond donors (Lipinski definition) is 1. The first-order valence-electron chi connectivity index (χ1n) is 6.21. The molecule has 0 saturated carbocycles. The molecule has 0 aliphatic carbocycles. The van der Waals surface area contributed by atoms with Gasteiger partial charge >= 0.3 is 5.97 Å². The number of aromatic carboxylic acids is 1. The summed E-state index contributed by atoms with van der Waals surface area (Å²) in [6.45, 7) is 6.64. The largest absolute Gasteiger partial charge is 0.478 e. The molecule has 0 aliphatic heterocycles. The van der Waals surface area contributed by atoms with Crippen molar-refractivity contribution in [1.82, 2.24) is 0 Å². The van der Waals surface area contributed by atoms with Gasteiger partial charge in [0.05, 0.1) is 5.56 Å². The number of carbonyl (C=O) groups excluding carboxylic acids is 1. The number of hydrogen-bond acceptors (Lipinski definition) is 3. The minimum absolute atomic E-state index is 0.0598. The molecule has 2 aromatic rings. The third kappa shape index (κ3) is 2.10. The Bertz CT molecular complexity index is 727. The summed E-state index contributed by atoms with van der Waals surface area (Å²) in [6, 6.07) is 1.58. The fourth-order valence-corrected chi connectivity index (χ4v) is 2.72. The molecule has 0 amide bonds.